The molecule has 1 aromatic rings. The van der Waals surface area contributed by atoms with E-state index >= 15 is 0 Å². The van der Waals surface area contributed by atoms with Gasteiger partial charge in [-0.25, -0.2) is 9.97 Å². The summed E-state index contributed by atoms with van der Waals surface area (Å²) >= 11 is 0. The largest absolute Gasteiger partial charge is 0.394 e. The van der Waals surface area contributed by atoms with Crippen LogP contribution in [0.3, 0.4) is 0 Å². The van der Waals surface area contributed by atoms with Gasteiger partial charge in [0.15, 0.2) is 0 Å². The minimum Gasteiger partial charge on any atom is -0.394 e. The molecule has 0 aromatic carbocycles. The van der Waals surface area contributed by atoms with Crippen molar-refractivity contribution in [2.75, 3.05) is 11.9 Å². The highest BCUT2D eigenvalue weighted by Crippen LogP contribution is 2.26. The van der Waals surface area contributed by atoms with E-state index in [4.69, 9.17) is 0 Å². The average molecular weight is 221 g/mol. The molecule has 0 aliphatic heterocycles. The van der Waals surface area contributed by atoms with Crippen LogP contribution in [0.4, 0.5) is 5.82 Å². The summed E-state index contributed by atoms with van der Waals surface area (Å²) in [6, 6.07) is 0. The van der Waals surface area contributed by atoms with Gasteiger partial charge in [-0.1, -0.05) is 0 Å². The second-order valence-corrected chi connectivity index (χ2v) is 5.02. The van der Waals surface area contributed by atoms with E-state index in [1.165, 1.54) is 18.4 Å². The molecule has 88 valence electrons. The fraction of sp³-hybridized carbons (Fsp3) is 0.667. The molecule has 1 aromatic heterocycles. The van der Waals surface area contributed by atoms with E-state index in [1.807, 2.05) is 13.8 Å². The quantitative estimate of drug-likeness (QED) is 0.813. The predicted molar refractivity (Wildman–Crippen MR) is 63.5 cm³/mol. The van der Waals surface area contributed by atoms with Crippen LogP contribution in [0.15, 0.2) is 6.33 Å². The van der Waals surface area contributed by atoms with E-state index in [-0.39, 0.29) is 12.1 Å². The average Bonchev–Trinajstić information content (AvgIpc) is 2.29. The third-order valence-corrected chi connectivity index (χ3v) is 2.98. The Morgan fingerprint density at radius 3 is 2.81 bits per heavy atom. The van der Waals surface area contributed by atoms with Gasteiger partial charge in [-0.2, -0.15) is 0 Å². The summed E-state index contributed by atoms with van der Waals surface area (Å²) in [5.41, 5.74) is 2.06. The van der Waals surface area contributed by atoms with Gasteiger partial charge < -0.3 is 10.4 Å². The van der Waals surface area contributed by atoms with Crippen LogP contribution in [0.1, 0.15) is 37.9 Å². The molecule has 0 atom stereocenters. The summed E-state index contributed by atoms with van der Waals surface area (Å²) in [4.78, 5) is 8.61. The van der Waals surface area contributed by atoms with Crippen LogP contribution in [0.5, 0.6) is 0 Å². The van der Waals surface area contributed by atoms with E-state index in [0.29, 0.717) is 0 Å². The molecule has 2 N–H and O–H groups in total. The highest BCUT2D eigenvalue weighted by Gasteiger charge is 2.21. The summed E-state index contributed by atoms with van der Waals surface area (Å²) in [7, 11) is 0. The zero-order valence-corrected chi connectivity index (χ0v) is 9.95. The lowest BCUT2D eigenvalue weighted by atomic mass is 9.95. The van der Waals surface area contributed by atoms with Gasteiger partial charge in [-0.05, 0) is 39.5 Å². The summed E-state index contributed by atoms with van der Waals surface area (Å²) in [6.07, 6.45) is 6.12. The topological polar surface area (TPSA) is 58.0 Å². The molecule has 0 saturated heterocycles. The number of nitrogens with one attached hydrogen (secondary N) is 1. The summed E-state index contributed by atoms with van der Waals surface area (Å²) in [5, 5.41) is 12.5. The van der Waals surface area contributed by atoms with Gasteiger partial charge in [-0.3, -0.25) is 0 Å². The van der Waals surface area contributed by atoms with E-state index < -0.39 is 0 Å². The van der Waals surface area contributed by atoms with Crippen molar-refractivity contribution in [2.24, 2.45) is 0 Å². The van der Waals surface area contributed by atoms with Crippen LogP contribution in [-0.2, 0) is 12.8 Å². The number of aromatic nitrogens is 2. The highest BCUT2D eigenvalue weighted by atomic mass is 16.3. The molecular weight excluding hydrogens is 202 g/mol. The van der Waals surface area contributed by atoms with Crippen molar-refractivity contribution < 1.29 is 5.11 Å². The molecule has 0 fully saturated rings. The Hall–Kier alpha value is -1.16. The standard InChI is InChI=1S/C12H19N3O/c1-12(2,7-16)15-11-9-5-3-4-6-10(9)13-8-14-11/h8,16H,3-7H2,1-2H3,(H,13,14,15). The number of nitrogens with zero attached hydrogens (tertiary/aromatic N) is 2. The molecule has 1 heterocycles. The molecule has 0 radical (unpaired) electrons. The van der Waals surface area contributed by atoms with Gasteiger partial charge in [0.05, 0.1) is 12.1 Å². The number of aliphatic hydroxyl groups excluding tert-OH is 1. The molecule has 4 heteroatoms. The molecule has 0 spiro atoms. The van der Waals surface area contributed by atoms with Crippen molar-refractivity contribution in [3.8, 4) is 0 Å². The molecule has 1 aliphatic carbocycles. The van der Waals surface area contributed by atoms with Crippen molar-refractivity contribution in [1.29, 1.82) is 0 Å². The first-order valence-corrected chi connectivity index (χ1v) is 5.84. The van der Waals surface area contributed by atoms with Crippen LogP contribution in [0.25, 0.3) is 0 Å². The van der Waals surface area contributed by atoms with Gasteiger partial charge in [0.2, 0.25) is 0 Å². The minimum atomic E-state index is -0.334. The zero-order chi connectivity index (χ0) is 11.6. The first-order chi connectivity index (χ1) is 7.62. The maximum atomic E-state index is 9.25. The fourth-order valence-corrected chi connectivity index (χ4v) is 1.99. The maximum absolute atomic E-state index is 9.25. The zero-order valence-electron chi connectivity index (χ0n) is 9.95. The Morgan fingerprint density at radius 1 is 1.31 bits per heavy atom. The van der Waals surface area contributed by atoms with Crippen molar-refractivity contribution in [2.45, 2.75) is 45.1 Å². The number of hydrogen-bond acceptors (Lipinski definition) is 4. The molecule has 2 rings (SSSR count). The van der Waals surface area contributed by atoms with Gasteiger partial charge in [0, 0.05) is 11.3 Å². The number of hydrogen-bond donors (Lipinski definition) is 2. The molecule has 0 saturated carbocycles. The second-order valence-electron chi connectivity index (χ2n) is 5.02. The molecule has 0 unspecified atom stereocenters. The summed E-state index contributed by atoms with van der Waals surface area (Å²) in [6.45, 7) is 4.01. The third kappa shape index (κ3) is 2.32. The Balaban J connectivity index is 2.27. The van der Waals surface area contributed by atoms with E-state index in [1.54, 1.807) is 6.33 Å². The third-order valence-electron chi connectivity index (χ3n) is 2.98. The van der Waals surface area contributed by atoms with Crippen molar-refractivity contribution in [3.05, 3.63) is 17.6 Å². The SMILES string of the molecule is CC(C)(CO)Nc1ncnc2c1CCCC2. The normalized spacial score (nSPS) is 15.7. The fourth-order valence-electron chi connectivity index (χ4n) is 1.99. The molecule has 4 nitrogen and oxygen atoms in total. The van der Waals surface area contributed by atoms with E-state index in [9.17, 15) is 5.11 Å². The lowest BCUT2D eigenvalue weighted by Gasteiger charge is -2.27. The monoisotopic (exact) mass is 221 g/mol. The van der Waals surface area contributed by atoms with Gasteiger partial charge in [0.25, 0.3) is 0 Å². The van der Waals surface area contributed by atoms with E-state index in [2.05, 4.69) is 15.3 Å². The first-order valence-electron chi connectivity index (χ1n) is 5.84. The van der Waals surface area contributed by atoms with Gasteiger partial charge >= 0.3 is 0 Å². The number of aryl methyl sites for hydroxylation is 1. The summed E-state index contributed by atoms with van der Waals surface area (Å²) < 4.78 is 0. The molecular formula is C12H19N3O. The van der Waals surface area contributed by atoms with Crippen LogP contribution >= 0.6 is 0 Å². The second kappa shape index (κ2) is 4.37. The molecule has 1 aliphatic rings. The summed E-state index contributed by atoms with van der Waals surface area (Å²) in [5.74, 6) is 0.892. The smallest absolute Gasteiger partial charge is 0.133 e. The van der Waals surface area contributed by atoms with Crippen molar-refractivity contribution in [1.82, 2.24) is 9.97 Å². The first kappa shape index (κ1) is 11.3. The van der Waals surface area contributed by atoms with Crippen LogP contribution < -0.4 is 5.32 Å². The van der Waals surface area contributed by atoms with Crippen molar-refractivity contribution >= 4 is 5.82 Å². The highest BCUT2D eigenvalue weighted by molar-refractivity contribution is 5.48. The van der Waals surface area contributed by atoms with E-state index in [0.717, 1.165) is 24.4 Å². The number of fused-ring (bicyclic) bond motifs is 1. The van der Waals surface area contributed by atoms with Crippen LogP contribution in [0.2, 0.25) is 0 Å². The maximum Gasteiger partial charge on any atom is 0.133 e. The van der Waals surface area contributed by atoms with Gasteiger partial charge in [0.1, 0.15) is 12.1 Å². The number of aliphatic hydroxyl groups is 1. The lowest BCUT2D eigenvalue weighted by Crippen LogP contribution is -2.36. The van der Waals surface area contributed by atoms with Crippen LogP contribution in [-0.4, -0.2) is 27.2 Å². The van der Waals surface area contributed by atoms with Gasteiger partial charge in [-0.15, -0.1) is 0 Å². The Labute approximate surface area is 96.1 Å². The molecule has 0 amide bonds. The molecule has 16 heavy (non-hydrogen) atoms. The Bertz CT molecular complexity index is 377. The Morgan fingerprint density at radius 2 is 2.06 bits per heavy atom. The lowest BCUT2D eigenvalue weighted by molar-refractivity contribution is 0.233. The number of rotatable bonds is 3. The van der Waals surface area contributed by atoms with Crippen LogP contribution in [0, 0.1) is 0 Å². The number of anilines is 1. The molecule has 0 bridgehead atoms. The predicted octanol–water partition coefficient (Wildman–Crippen LogP) is 1.54. The van der Waals surface area contributed by atoms with Crippen molar-refractivity contribution in [3.63, 3.8) is 0 Å². The minimum absolute atomic E-state index is 0.0891. The Kier molecular flexibility index (Phi) is 3.10.